The van der Waals surface area contributed by atoms with E-state index in [0.29, 0.717) is 22.0 Å². The molecule has 0 bridgehead atoms. The van der Waals surface area contributed by atoms with Crippen molar-refractivity contribution in [3.8, 4) is 0 Å². The Hall–Kier alpha value is -2.77. The maximum atomic E-state index is 12.6. The van der Waals surface area contributed by atoms with Crippen LogP contribution >= 0.6 is 23.6 Å². The molecular weight excluding hydrogens is 402 g/mol. The Morgan fingerprint density at radius 3 is 2.69 bits per heavy atom. The van der Waals surface area contributed by atoms with Crippen molar-refractivity contribution in [2.75, 3.05) is 5.32 Å². The number of nitrogens with one attached hydrogen (secondary N) is 2. The molecule has 5 nitrogen and oxygen atoms in total. The fourth-order valence-corrected chi connectivity index (χ4v) is 5.42. The molecule has 0 saturated heterocycles. The predicted molar refractivity (Wildman–Crippen MR) is 122 cm³/mol. The Labute approximate surface area is 178 Å². The monoisotopic (exact) mass is 423 g/mol. The number of carbonyl (C=O) groups is 2. The van der Waals surface area contributed by atoms with Crippen molar-refractivity contribution in [2.45, 2.75) is 26.2 Å². The molecule has 1 aliphatic rings. The molecule has 7 heteroatoms. The standard InChI is InChI=1S/C22H21N3O2S2/c1-12-6-9-16-17(10-12)29-21(18(16)19(23)26)25-22(28)24-20(27)15-8-7-13-4-2-3-5-14(13)11-15/h2-5,7-8,11-12H,6,9-10H2,1H3,(H2,23,26)(H2,24,25,27,28). The molecule has 3 aromatic rings. The van der Waals surface area contributed by atoms with Crippen LogP contribution in [0.3, 0.4) is 0 Å². The van der Waals surface area contributed by atoms with Gasteiger partial charge in [0.2, 0.25) is 0 Å². The second kappa shape index (κ2) is 7.93. The Kier molecular flexibility index (Phi) is 5.34. The number of amides is 2. The summed E-state index contributed by atoms with van der Waals surface area (Å²) in [6.45, 7) is 2.20. The summed E-state index contributed by atoms with van der Waals surface area (Å²) >= 11 is 6.83. The van der Waals surface area contributed by atoms with Crippen molar-refractivity contribution < 1.29 is 9.59 Å². The summed E-state index contributed by atoms with van der Waals surface area (Å²) in [6, 6.07) is 13.3. The van der Waals surface area contributed by atoms with Gasteiger partial charge in [0.25, 0.3) is 11.8 Å². The molecule has 1 aromatic heterocycles. The van der Waals surface area contributed by atoms with E-state index in [9.17, 15) is 9.59 Å². The third kappa shape index (κ3) is 4.02. The number of fused-ring (bicyclic) bond motifs is 2. The maximum Gasteiger partial charge on any atom is 0.257 e. The number of hydrogen-bond acceptors (Lipinski definition) is 4. The predicted octanol–water partition coefficient (Wildman–Crippen LogP) is 4.25. The largest absolute Gasteiger partial charge is 0.365 e. The molecule has 1 unspecified atom stereocenters. The first-order chi connectivity index (χ1) is 13.9. The van der Waals surface area contributed by atoms with Crippen LogP contribution in [0.5, 0.6) is 0 Å². The van der Waals surface area contributed by atoms with E-state index in [2.05, 4.69) is 17.6 Å². The summed E-state index contributed by atoms with van der Waals surface area (Å²) < 4.78 is 0. The molecule has 0 spiro atoms. The first kappa shape index (κ1) is 19.5. The minimum atomic E-state index is -0.469. The van der Waals surface area contributed by atoms with Crippen LogP contribution in [-0.2, 0) is 12.8 Å². The summed E-state index contributed by atoms with van der Waals surface area (Å²) in [5.41, 5.74) is 7.67. The molecule has 2 aromatic carbocycles. The summed E-state index contributed by atoms with van der Waals surface area (Å²) in [4.78, 5) is 25.8. The van der Waals surface area contributed by atoms with E-state index in [1.807, 2.05) is 36.4 Å². The van der Waals surface area contributed by atoms with Crippen LogP contribution in [0, 0.1) is 5.92 Å². The lowest BCUT2D eigenvalue weighted by Gasteiger charge is -2.18. The zero-order chi connectivity index (χ0) is 20.5. The summed E-state index contributed by atoms with van der Waals surface area (Å²) in [5, 5.41) is 8.53. The molecular formula is C22H21N3O2S2. The van der Waals surface area contributed by atoms with Gasteiger partial charge in [-0.3, -0.25) is 14.9 Å². The third-order valence-corrected chi connectivity index (χ3v) is 6.60. The first-order valence-electron chi connectivity index (χ1n) is 9.48. The van der Waals surface area contributed by atoms with E-state index in [-0.39, 0.29) is 11.0 Å². The average Bonchev–Trinajstić information content (AvgIpc) is 3.04. The second-order valence-corrected chi connectivity index (χ2v) is 8.90. The highest BCUT2D eigenvalue weighted by atomic mass is 32.1. The highest BCUT2D eigenvalue weighted by Gasteiger charge is 2.27. The number of carbonyl (C=O) groups excluding carboxylic acids is 2. The van der Waals surface area contributed by atoms with E-state index in [1.165, 1.54) is 16.2 Å². The molecule has 0 fully saturated rings. The summed E-state index contributed by atoms with van der Waals surface area (Å²) in [6.07, 6.45) is 2.80. The zero-order valence-corrected chi connectivity index (χ0v) is 17.6. The van der Waals surface area contributed by atoms with Gasteiger partial charge in [-0.1, -0.05) is 37.3 Å². The van der Waals surface area contributed by atoms with Gasteiger partial charge in [-0.05, 0) is 65.9 Å². The average molecular weight is 424 g/mol. The van der Waals surface area contributed by atoms with E-state index in [1.54, 1.807) is 6.07 Å². The van der Waals surface area contributed by atoms with Gasteiger partial charge in [-0.15, -0.1) is 11.3 Å². The zero-order valence-electron chi connectivity index (χ0n) is 16.0. The van der Waals surface area contributed by atoms with Crippen LogP contribution in [0.4, 0.5) is 5.00 Å². The molecule has 1 atom stereocenters. The lowest BCUT2D eigenvalue weighted by molar-refractivity contribution is 0.0975. The van der Waals surface area contributed by atoms with Crippen LogP contribution in [0.2, 0.25) is 0 Å². The van der Waals surface area contributed by atoms with Crippen molar-refractivity contribution in [1.29, 1.82) is 0 Å². The minimum Gasteiger partial charge on any atom is -0.365 e. The Balaban J connectivity index is 1.52. The van der Waals surface area contributed by atoms with Crippen LogP contribution in [0.1, 0.15) is 44.5 Å². The fraction of sp³-hybridized carbons (Fsp3) is 0.227. The second-order valence-electron chi connectivity index (χ2n) is 7.39. The van der Waals surface area contributed by atoms with Crippen molar-refractivity contribution in [3.63, 3.8) is 0 Å². The Morgan fingerprint density at radius 2 is 1.93 bits per heavy atom. The van der Waals surface area contributed by atoms with Crippen molar-refractivity contribution in [3.05, 3.63) is 64.0 Å². The van der Waals surface area contributed by atoms with Crippen LogP contribution < -0.4 is 16.4 Å². The van der Waals surface area contributed by atoms with Crippen LogP contribution in [0.25, 0.3) is 10.8 Å². The minimum absolute atomic E-state index is 0.150. The quantitative estimate of drug-likeness (QED) is 0.550. The third-order valence-electron chi connectivity index (χ3n) is 5.22. The Bertz CT molecular complexity index is 1140. The van der Waals surface area contributed by atoms with Gasteiger partial charge < -0.3 is 11.1 Å². The SMILES string of the molecule is CC1CCc2c(sc(NC(=S)NC(=O)c3ccc4ccccc4c3)c2C(N)=O)C1. The van der Waals surface area contributed by atoms with Gasteiger partial charge in [0.15, 0.2) is 5.11 Å². The normalized spacial score (nSPS) is 15.6. The number of hydrogen-bond donors (Lipinski definition) is 3. The number of thiocarbonyl (C=S) groups is 1. The number of rotatable bonds is 3. The first-order valence-corrected chi connectivity index (χ1v) is 10.7. The van der Waals surface area contributed by atoms with Gasteiger partial charge in [0.05, 0.1) is 5.56 Å². The summed E-state index contributed by atoms with van der Waals surface area (Å²) in [5.74, 6) is -0.193. The lowest BCUT2D eigenvalue weighted by atomic mass is 9.88. The Morgan fingerprint density at radius 1 is 1.17 bits per heavy atom. The van der Waals surface area contributed by atoms with Crippen molar-refractivity contribution in [1.82, 2.24) is 5.32 Å². The van der Waals surface area contributed by atoms with Gasteiger partial charge in [0, 0.05) is 10.4 Å². The number of primary amides is 1. The smallest absolute Gasteiger partial charge is 0.257 e. The highest BCUT2D eigenvalue weighted by Crippen LogP contribution is 2.39. The van der Waals surface area contributed by atoms with Gasteiger partial charge >= 0.3 is 0 Å². The molecule has 29 heavy (non-hydrogen) atoms. The van der Waals surface area contributed by atoms with E-state index in [0.717, 1.165) is 35.6 Å². The molecule has 4 N–H and O–H groups in total. The summed E-state index contributed by atoms with van der Waals surface area (Å²) in [7, 11) is 0. The van der Waals surface area contributed by atoms with Crippen LogP contribution in [0.15, 0.2) is 42.5 Å². The van der Waals surface area contributed by atoms with Crippen molar-refractivity contribution in [2.24, 2.45) is 11.7 Å². The van der Waals surface area contributed by atoms with E-state index in [4.69, 9.17) is 18.0 Å². The van der Waals surface area contributed by atoms with E-state index < -0.39 is 5.91 Å². The fourth-order valence-electron chi connectivity index (χ4n) is 3.74. The van der Waals surface area contributed by atoms with Crippen molar-refractivity contribution >= 4 is 56.3 Å². The highest BCUT2D eigenvalue weighted by molar-refractivity contribution is 7.80. The molecule has 1 aliphatic carbocycles. The number of anilines is 1. The number of nitrogens with two attached hydrogens (primary N) is 1. The molecule has 1 heterocycles. The lowest BCUT2D eigenvalue weighted by Crippen LogP contribution is -2.34. The molecule has 0 saturated carbocycles. The topological polar surface area (TPSA) is 84.2 Å². The molecule has 0 aliphatic heterocycles. The molecule has 0 radical (unpaired) electrons. The number of benzene rings is 2. The van der Waals surface area contributed by atoms with Gasteiger partial charge in [-0.2, -0.15) is 0 Å². The number of thiophene rings is 1. The van der Waals surface area contributed by atoms with Gasteiger partial charge in [0.1, 0.15) is 5.00 Å². The van der Waals surface area contributed by atoms with Crippen LogP contribution in [-0.4, -0.2) is 16.9 Å². The molecule has 4 rings (SSSR count). The molecule has 2 amide bonds. The molecule has 148 valence electrons. The van der Waals surface area contributed by atoms with Gasteiger partial charge in [-0.25, -0.2) is 0 Å². The maximum absolute atomic E-state index is 12.6. The van der Waals surface area contributed by atoms with E-state index >= 15 is 0 Å².